The zero-order valence-electron chi connectivity index (χ0n) is 22.4. The van der Waals surface area contributed by atoms with Crippen LogP contribution < -0.4 is 20.5 Å². The van der Waals surface area contributed by atoms with Gasteiger partial charge in [-0.25, -0.2) is 13.5 Å². The highest BCUT2D eigenvalue weighted by Crippen LogP contribution is 2.28. The van der Waals surface area contributed by atoms with Gasteiger partial charge in [0.1, 0.15) is 17.6 Å². The monoisotopic (exact) mass is 593 g/mol. The predicted octanol–water partition coefficient (Wildman–Crippen LogP) is 3.13. The average molecular weight is 594 g/mol. The highest BCUT2D eigenvalue weighted by atomic mass is 32.2. The first kappa shape index (κ1) is 30.1. The van der Waals surface area contributed by atoms with Crippen molar-refractivity contribution in [2.24, 2.45) is 0 Å². The number of ether oxygens (including phenoxy) is 1. The summed E-state index contributed by atoms with van der Waals surface area (Å²) in [5.41, 5.74) is 2.03. The second-order valence-electron chi connectivity index (χ2n) is 9.62. The van der Waals surface area contributed by atoms with Gasteiger partial charge in [-0.1, -0.05) is 37.6 Å². The Morgan fingerprint density at radius 2 is 1.76 bits per heavy atom. The van der Waals surface area contributed by atoms with Crippen molar-refractivity contribution in [3.8, 4) is 5.75 Å². The third-order valence-corrected chi connectivity index (χ3v) is 8.55. The fourth-order valence-electron chi connectivity index (χ4n) is 4.49. The number of aromatic nitrogens is 2. The first-order chi connectivity index (χ1) is 19.4. The second-order valence-corrected chi connectivity index (χ2v) is 11.5. The van der Waals surface area contributed by atoms with Crippen molar-refractivity contribution in [2.45, 2.75) is 50.5 Å². The highest BCUT2D eigenvalue weighted by molar-refractivity contribution is 7.89. The Balaban J connectivity index is 1.58. The summed E-state index contributed by atoms with van der Waals surface area (Å²) in [7, 11) is -4.30. The summed E-state index contributed by atoms with van der Waals surface area (Å²) in [6.07, 6.45) is -3.00. The van der Waals surface area contributed by atoms with E-state index in [9.17, 15) is 31.2 Å². The lowest BCUT2D eigenvalue weighted by atomic mass is 10.1. The summed E-state index contributed by atoms with van der Waals surface area (Å²) in [5.74, 6) is -0.758. The van der Waals surface area contributed by atoms with E-state index in [0.717, 1.165) is 52.5 Å². The summed E-state index contributed by atoms with van der Waals surface area (Å²) >= 11 is 0. The van der Waals surface area contributed by atoms with Crippen LogP contribution in [0.1, 0.15) is 30.0 Å². The summed E-state index contributed by atoms with van der Waals surface area (Å²) in [6, 6.07) is 11.9. The number of aromatic amines is 1. The number of hydrogen-bond donors (Lipinski definition) is 2. The number of H-pyrrole nitrogens is 1. The number of amides is 1. The van der Waals surface area contributed by atoms with Crippen LogP contribution in [0.15, 0.2) is 64.3 Å². The van der Waals surface area contributed by atoms with E-state index < -0.39 is 34.1 Å². The number of anilines is 1. The van der Waals surface area contributed by atoms with Crippen LogP contribution in [0.2, 0.25) is 0 Å². The molecule has 0 saturated carbocycles. The van der Waals surface area contributed by atoms with Gasteiger partial charge in [0.15, 0.2) is 0 Å². The van der Waals surface area contributed by atoms with Crippen molar-refractivity contribution in [2.75, 3.05) is 24.5 Å². The van der Waals surface area contributed by atoms with Crippen LogP contribution in [0.5, 0.6) is 5.75 Å². The van der Waals surface area contributed by atoms with Crippen LogP contribution in [0.4, 0.5) is 19.0 Å². The van der Waals surface area contributed by atoms with E-state index in [1.165, 1.54) is 0 Å². The molecule has 41 heavy (non-hydrogen) atoms. The molecule has 0 bridgehead atoms. The van der Waals surface area contributed by atoms with Crippen molar-refractivity contribution in [3.63, 3.8) is 0 Å². The maximum absolute atomic E-state index is 13.6. The molecule has 0 unspecified atom stereocenters. The first-order valence-corrected chi connectivity index (χ1v) is 14.4. The fraction of sp³-hybridized carbons (Fsp3) is 0.370. The van der Waals surface area contributed by atoms with Crippen LogP contribution in [-0.4, -0.2) is 60.9 Å². The topological polar surface area (TPSA) is 125 Å². The van der Waals surface area contributed by atoms with Gasteiger partial charge in [0, 0.05) is 31.7 Å². The molecule has 1 amide bonds. The number of aryl methyl sites for hydroxylation is 2. The number of halogens is 3. The Bertz CT molecular complexity index is 1530. The number of carbonyl (C=O) groups excluding carboxylic acids is 1. The van der Waals surface area contributed by atoms with Gasteiger partial charge in [0.05, 0.1) is 4.90 Å². The molecule has 1 aliphatic rings. The van der Waals surface area contributed by atoms with Crippen molar-refractivity contribution in [1.82, 2.24) is 19.8 Å². The SMILES string of the molecule is CCCc1ccc(CNC(=O)[C@H]2CN(c3cc(C)c(=O)[nH]n3)CCN2S(=O)(=O)c2ccc(OC(F)(F)F)cc2)cc1. The smallest absolute Gasteiger partial charge is 0.406 e. The summed E-state index contributed by atoms with van der Waals surface area (Å²) in [6.45, 7) is 3.80. The number of sulfonamides is 1. The molecule has 0 radical (unpaired) electrons. The molecular formula is C27H30F3N5O5S. The van der Waals surface area contributed by atoms with Crippen LogP contribution in [-0.2, 0) is 27.8 Å². The molecule has 1 aliphatic heterocycles. The Morgan fingerprint density at radius 3 is 2.37 bits per heavy atom. The molecule has 220 valence electrons. The Morgan fingerprint density at radius 1 is 1.10 bits per heavy atom. The van der Waals surface area contributed by atoms with E-state index in [1.54, 1.807) is 17.9 Å². The zero-order valence-corrected chi connectivity index (χ0v) is 23.3. The van der Waals surface area contributed by atoms with Crippen molar-refractivity contribution >= 4 is 21.7 Å². The van der Waals surface area contributed by atoms with Crippen molar-refractivity contribution in [1.29, 1.82) is 0 Å². The standard InChI is InChI=1S/C27H30F3N5O5S/c1-3-4-19-5-7-20(8-6-19)16-31-26(37)23-17-34(24-15-18(2)25(36)33-32-24)13-14-35(23)41(38,39)22-11-9-21(10-12-22)40-27(28,29)30/h5-12,15,23H,3-4,13-14,16-17H2,1-2H3,(H,31,37)(H,33,36)/t23-/m1/s1. The zero-order chi connectivity index (χ0) is 29.8. The van der Waals surface area contributed by atoms with Crippen LogP contribution in [0.3, 0.4) is 0 Å². The Kier molecular flexibility index (Phi) is 9.02. The number of nitrogens with one attached hydrogen (secondary N) is 2. The lowest BCUT2D eigenvalue weighted by molar-refractivity contribution is -0.274. The third-order valence-electron chi connectivity index (χ3n) is 6.63. The largest absolute Gasteiger partial charge is 0.573 e. The second kappa shape index (κ2) is 12.3. The van der Waals surface area contributed by atoms with Crippen LogP contribution >= 0.6 is 0 Å². The summed E-state index contributed by atoms with van der Waals surface area (Å²) < 4.78 is 69.8. The van der Waals surface area contributed by atoms with Gasteiger partial charge in [-0.3, -0.25) is 9.59 Å². The molecular weight excluding hydrogens is 563 g/mol. The van der Waals surface area contributed by atoms with Crippen LogP contribution in [0.25, 0.3) is 0 Å². The molecule has 2 heterocycles. The average Bonchev–Trinajstić information content (AvgIpc) is 2.93. The van der Waals surface area contributed by atoms with Gasteiger partial charge < -0.3 is 15.0 Å². The van der Waals surface area contributed by atoms with Gasteiger partial charge in [0.25, 0.3) is 5.56 Å². The van der Waals surface area contributed by atoms with E-state index in [2.05, 4.69) is 27.2 Å². The highest BCUT2D eigenvalue weighted by Gasteiger charge is 2.41. The van der Waals surface area contributed by atoms with Gasteiger partial charge in [-0.05, 0) is 54.8 Å². The normalized spacial score (nSPS) is 16.4. The van der Waals surface area contributed by atoms with Crippen molar-refractivity contribution < 1.29 is 31.1 Å². The lowest BCUT2D eigenvalue weighted by Crippen LogP contribution is -2.60. The number of hydrogen-bond acceptors (Lipinski definition) is 7. The van der Waals surface area contributed by atoms with E-state index in [1.807, 2.05) is 24.3 Å². The number of alkyl halides is 3. The molecule has 1 aromatic heterocycles. The van der Waals surface area contributed by atoms with Crippen LogP contribution in [0, 0.1) is 6.92 Å². The number of rotatable bonds is 9. The van der Waals surface area contributed by atoms with E-state index in [4.69, 9.17) is 0 Å². The van der Waals surface area contributed by atoms with E-state index in [-0.39, 0.29) is 36.6 Å². The molecule has 1 atom stereocenters. The third kappa shape index (κ3) is 7.44. The molecule has 10 nitrogen and oxygen atoms in total. The minimum Gasteiger partial charge on any atom is -0.406 e. The molecule has 4 rings (SSSR count). The van der Waals surface area contributed by atoms with Gasteiger partial charge in [-0.2, -0.15) is 9.40 Å². The minimum absolute atomic E-state index is 0.0751. The van der Waals surface area contributed by atoms with E-state index >= 15 is 0 Å². The lowest BCUT2D eigenvalue weighted by Gasteiger charge is -2.40. The first-order valence-electron chi connectivity index (χ1n) is 12.9. The van der Waals surface area contributed by atoms with E-state index in [0.29, 0.717) is 11.4 Å². The number of nitrogens with zero attached hydrogens (tertiary/aromatic N) is 3. The van der Waals surface area contributed by atoms with Gasteiger partial charge in [0.2, 0.25) is 15.9 Å². The van der Waals surface area contributed by atoms with Gasteiger partial charge in [-0.15, -0.1) is 13.2 Å². The Labute approximate surface area is 235 Å². The molecule has 1 fully saturated rings. The number of benzene rings is 2. The molecule has 1 saturated heterocycles. The maximum atomic E-state index is 13.6. The quantitative estimate of drug-likeness (QED) is 0.391. The minimum atomic E-state index is -4.93. The molecule has 3 aromatic rings. The number of piperazine rings is 1. The fourth-order valence-corrected chi connectivity index (χ4v) is 6.06. The summed E-state index contributed by atoms with van der Waals surface area (Å²) in [5, 5.41) is 9.23. The maximum Gasteiger partial charge on any atom is 0.573 e. The number of carbonyl (C=O) groups is 1. The van der Waals surface area contributed by atoms with Gasteiger partial charge >= 0.3 is 6.36 Å². The molecule has 2 aromatic carbocycles. The molecule has 14 heteroatoms. The molecule has 0 spiro atoms. The Hall–Kier alpha value is -3.91. The molecule has 0 aliphatic carbocycles. The predicted molar refractivity (Wildman–Crippen MR) is 145 cm³/mol. The molecule has 2 N–H and O–H groups in total. The van der Waals surface area contributed by atoms with Crippen molar-refractivity contribution in [3.05, 3.63) is 81.6 Å². The summed E-state index contributed by atoms with van der Waals surface area (Å²) in [4.78, 5) is 26.7.